The molecule has 4 aliphatic rings. The van der Waals surface area contributed by atoms with E-state index in [1.807, 2.05) is 6.33 Å². The lowest BCUT2D eigenvalue weighted by Gasteiger charge is -2.23. The van der Waals surface area contributed by atoms with Gasteiger partial charge in [0.05, 0.1) is 28.7 Å². The van der Waals surface area contributed by atoms with Crippen LogP contribution < -0.4 is 21.7 Å². The van der Waals surface area contributed by atoms with E-state index in [0.29, 0.717) is 80.1 Å². The third kappa shape index (κ3) is 8.35. The van der Waals surface area contributed by atoms with Gasteiger partial charge in [-0.15, -0.1) is 0 Å². The highest BCUT2D eigenvalue weighted by molar-refractivity contribution is 6.31. The fourth-order valence-electron chi connectivity index (χ4n) is 10.1. The topological polar surface area (TPSA) is 114 Å². The van der Waals surface area contributed by atoms with Crippen LogP contribution in [0.25, 0.3) is 11.0 Å². The zero-order chi connectivity index (χ0) is 40.0. The second-order valence-corrected chi connectivity index (χ2v) is 17.1. The van der Waals surface area contributed by atoms with E-state index < -0.39 is 0 Å². The average Bonchev–Trinajstić information content (AvgIpc) is 3.75. The minimum atomic E-state index is -0.284. The number of hydrogen-bond donors (Lipinski definition) is 4. The Kier molecular flexibility index (Phi) is 11.2. The monoisotopic (exact) mass is 812 g/mol. The standard InChI is InChI=1S/C23H23ClFN3O.C22H25ClFN3O/c1-2-19(27-23(29)13-3-5-14(24)6-4-13)22-17-10-16(11-18(17)22)28-12-26-20-8-7-15(25)9-21(20)28;1-2-19(27-22(28)12-3-5-13(23)6-4-12)21-16-10-15(11-17(16)21)26-20-9-14(24)7-8-18(20)25/h3-9,12,16-19,22H,2,10-11H2,1H3,(H,27,29);3-9,15-17,19,21,26H,2,10-11,25H2,1H3,(H,27,28)/t16?,17-,18+,19?,22?;15?,16-,17+,19?,21?. The first-order chi connectivity index (χ1) is 27.5. The first-order valence-electron chi connectivity index (χ1n) is 20.1. The molecule has 2 amide bonds. The third-order valence-corrected chi connectivity index (χ3v) is 13.5. The number of aromatic nitrogens is 2. The van der Waals surface area contributed by atoms with Crippen LogP contribution in [0.5, 0.6) is 0 Å². The fraction of sp³-hybridized carbons (Fsp3) is 0.400. The number of fused-ring (bicyclic) bond motifs is 3. The molecule has 0 saturated heterocycles. The van der Waals surface area contributed by atoms with Crippen LogP contribution in [-0.4, -0.2) is 39.5 Å². The van der Waals surface area contributed by atoms with Gasteiger partial charge in [0.2, 0.25) is 0 Å². The van der Waals surface area contributed by atoms with Crippen molar-refractivity contribution in [2.75, 3.05) is 11.1 Å². The summed E-state index contributed by atoms with van der Waals surface area (Å²) in [5.74, 6) is 2.88. The number of nitrogens with one attached hydrogen (secondary N) is 3. The Balaban J connectivity index is 0.000000160. The summed E-state index contributed by atoms with van der Waals surface area (Å²) in [7, 11) is 0. The second-order valence-electron chi connectivity index (χ2n) is 16.3. The lowest BCUT2D eigenvalue weighted by atomic mass is 9.98. The van der Waals surface area contributed by atoms with E-state index in [2.05, 4.69) is 39.3 Å². The summed E-state index contributed by atoms with van der Waals surface area (Å²) in [6, 6.07) is 24.2. The smallest absolute Gasteiger partial charge is 0.251 e. The van der Waals surface area contributed by atoms with Gasteiger partial charge in [-0.05, 0) is 159 Å². The van der Waals surface area contributed by atoms with Crippen LogP contribution in [0.3, 0.4) is 0 Å². The highest BCUT2D eigenvalue weighted by Gasteiger charge is 2.60. The molecule has 0 bridgehead atoms. The minimum Gasteiger partial charge on any atom is -0.397 e. The molecule has 12 heteroatoms. The number of carbonyl (C=O) groups excluding carboxylic acids is 2. The van der Waals surface area contributed by atoms with Crippen LogP contribution >= 0.6 is 23.2 Å². The maximum atomic E-state index is 13.7. The van der Waals surface area contributed by atoms with Gasteiger partial charge in [-0.2, -0.15) is 0 Å². The van der Waals surface area contributed by atoms with Crippen LogP contribution in [-0.2, 0) is 0 Å². The van der Waals surface area contributed by atoms with E-state index in [1.165, 1.54) is 18.2 Å². The molecule has 6 unspecified atom stereocenters. The summed E-state index contributed by atoms with van der Waals surface area (Å²) in [4.78, 5) is 29.6. The zero-order valence-corrected chi connectivity index (χ0v) is 33.5. The van der Waals surface area contributed by atoms with E-state index in [-0.39, 0.29) is 35.5 Å². The molecule has 10 atom stereocenters. The van der Waals surface area contributed by atoms with Crippen molar-refractivity contribution in [3.05, 3.63) is 124 Å². The largest absolute Gasteiger partial charge is 0.397 e. The van der Waals surface area contributed by atoms with Crippen LogP contribution in [0.2, 0.25) is 10.0 Å². The van der Waals surface area contributed by atoms with Crippen molar-refractivity contribution in [2.45, 2.75) is 76.5 Å². The number of nitrogen functional groups attached to an aromatic ring is 1. The molecular weight excluding hydrogens is 765 g/mol. The zero-order valence-electron chi connectivity index (χ0n) is 32.0. The average molecular weight is 814 g/mol. The molecule has 4 aromatic carbocycles. The van der Waals surface area contributed by atoms with Crippen molar-refractivity contribution in [3.63, 3.8) is 0 Å². The van der Waals surface area contributed by atoms with Gasteiger partial charge in [0, 0.05) is 45.3 Å². The second kappa shape index (κ2) is 16.3. The number of hydrogen-bond acceptors (Lipinski definition) is 5. The molecule has 5 aromatic rings. The summed E-state index contributed by atoms with van der Waals surface area (Å²) >= 11 is 11.8. The van der Waals surface area contributed by atoms with Gasteiger partial charge in [0.15, 0.2) is 0 Å². The van der Waals surface area contributed by atoms with Gasteiger partial charge >= 0.3 is 0 Å². The van der Waals surface area contributed by atoms with Gasteiger partial charge in [-0.25, -0.2) is 13.8 Å². The number of carbonyl (C=O) groups is 2. The number of benzene rings is 4. The Labute approximate surface area is 341 Å². The van der Waals surface area contributed by atoms with Crippen molar-refractivity contribution < 1.29 is 18.4 Å². The first kappa shape index (κ1) is 39.2. The number of halogens is 4. The highest BCUT2D eigenvalue weighted by Crippen LogP contribution is 2.63. The molecule has 4 saturated carbocycles. The van der Waals surface area contributed by atoms with Crippen LogP contribution in [0.4, 0.5) is 20.2 Å². The van der Waals surface area contributed by atoms with Gasteiger partial charge in [-0.1, -0.05) is 37.0 Å². The Morgan fingerprint density at radius 1 is 0.737 bits per heavy atom. The molecule has 298 valence electrons. The maximum absolute atomic E-state index is 13.7. The van der Waals surface area contributed by atoms with Crippen molar-refractivity contribution in [3.8, 4) is 0 Å². The number of imidazole rings is 1. The van der Waals surface area contributed by atoms with Crippen LogP contribution in [0.15, 0.2) is 91.3 Å². The Morgan fingerprint density at radius 2 is 1.23 bits per heavy atom. The highest BCUT2D eigenvalue weighted by atomic mass is 35.5. The van der Waals surface area contributed by atoms with Gasteiger partial charge in [0.25, 0.3) is 11.8 Å². The lowest BCUT2D eigenvalue weighted by molar-refractivity contribution is 0.0918. The minimum absolute atomic E-state index is 0.0360. The summed E-state index contributed by atoms with van der Waals surface area (Å²) in [5, 5.41) is 11.1. The van der Waals surface area contributed by atoms with Crippen LogP contribution in [0, 0.1) is 47.1 Å². The molecule has 1 heterocycles. The first-order valence-corrected chi connectivity index (χ1v) is 20.8. The number of amides is 2. The van der Waals surface area contributed by atoms with E-state index in [0.717, 1.165) is 49.6 Å². The molecule has 8 nitrogen and oxygen atoms in total. The molecule has 9 rings (SSSR count). The molecule has 1 aromatic heterocycles. The Hall–Kier alpha value is -4.67. The van der Waals surface area contributed by atoms with E-state index >= 15 is 0 Å². The summed E-state index contributed by atoms with van der Waals surface area (Å²) < 4.78 is 29.3. The maximum Gasteiger partial charge on any atom is 0.251 e. The van der Waals surface area contributed by atoms with Crippen molar-refractivity contribution in [1.29, 1.82) is 0 Å². The molecule has 57 heavy (non-hydrogen) atoms. The van der Waals surface area contributed by atoms with E-state index in [4.69, 9.17) is 28.9 Å². The van der Waals surface area contributed by atoms with Crippen molar-refractivity contribution >= 4 is 57.4 Å². The number of rotatable bonds is 11. The molecule has 0 aliphatic heterocycles. The van der Waals surface area contributed by atoms with E-state index in [9.17, 15) is 18.4 Å². The quantitative estimate of drug-likeness (QED) is 0.0993. The third-order valence-electron chi connectivity index (χ3n) is 13.0. The molecule has 4 aliphatic carbocycles. The number of anilines is 2. The lowest BCUT2D eigenvalue weighted by Crippen LogP contribution is -2.38. The SMILES string of the molecule is CCC(NC(=O)c1ccc(Cl)cc1)C1[C@H]2CC(Nc3cc(F)ccc3N)C[C@@H]12.CCC(NC(=O)c1ccc(Cl)cc1)C1[C@H]2CC(n3cnc4ccc(F)cc43)C[C@@H]12. The Bertz CT molecular complexity index is 2230. The van der Waals surface area contributed by atoms with Gasteiger partial charge in [-0.3, -0.25) is 9.59 Å². The number of nitrogens with two attached hydrogens (primary N) is 1. The van der Waals surface area contributed by atoms with E-state index in [1.54, 1.807) is 66.7 Å². The predicted molar refractivity (Wildman–Crippen MR) is 222 cm³/mol. The van der Waals surface area contributed by atoms with Gasteiger partial charge < -0.3 is 26.3 Å². The normalized spacial score (nSPS) is 26.4. The molecular formula is C45H48Cl2F2N6O2. The van der Waals surface area contributed by atoms with Crippen molar-refractivity contribution in [1.82, 2.24) is 20.2 Å². The predicted octanol–water partition coefficient (Wildman–Crippen LogP) is 9.94. The molecule has 0 radical (unpaired) electrons. The summed E-state index contributed by atoms with van der Waals surface area (Å²) in [6.45, 7) is 4.24. The van der Waals surface area contributed by atoms with Crippen molar-refractivity contribution in [2.24, 2.45) is 35.5 Å². The van der Waals surface area contributed by atoms with Gasteiger partial charge in [0.1, 0.15) is 11.6 Å². The summed E-state index contributed by atoms with van der Waals surface area (Å²) in [5.41, 5.74) is 10.2. The molecule has 5 N–H and O–H groups in total. The summed E-state index contributed by atoms with van der Waals surface area (Å²) in [6.07, 6.45) is 7.84. The molecule has 0 spiro atoms. The fourth-order valence-corrected chi connectivity index (χ4v) is 10.4. The Morgan fingerprint density at radius 3 is 1.75 bits per heavy atom. The number of nitrogens with zero attached hydrogens (tertiary/aromatic N) is 2. The van der Waals surface area contributed by atoms with Crippen LogP contribution in [0.1, 0.15) is 79.1 Å². The molecule has 4 fully saturated rings.